The molecule has 136 valence electrons. The molecule has 1 saturated heterocycles. The van der Waals surface area contributed by atoms with E-state index >= 15 is 0 Å². The maximum Gasteiger partial charge on any atom is 0.244 e. The molecule has 7 heteroatoms. The van der Waals surface area contributed by atoms with Crippen LogP contribution in [0.15, 0.2) is 30.6 Å². The lowest BCUT2D eigenvalue weighted by Gasteiger charge is -2.32. The molecule has 0 bridgehead atoms. The van der Waals surface area contributed by atoms with Crippen LogP contribution in [0.3, 0.4) is 0 Å². The summed E-state index contributed by atoms with van der Waals surface area (Å²) in [5.41, 5.74) is 2.82. The zero-order valence-corrected chi connectivity index (χ0v) is 15.5. The molecular formula is C19H24N6O. The lowest BCUT2D eigenvalue weighted by molar-refractivity contribution is -0.133. The van der Waals surface area contributed by atoms with E-state index in [-0.39, 0.29) is 12.5 Å². The number of amides is 1. The van der Waals surface area contributed by atoms with Gasteiger partial charge in [-0.2, -0.15) is 5.10 Å². The van der Waals surface area contributed by atoms with Crippen LogP contribution in [-0.4, -0.2) is 68.3 Å². The number of likely N-dealkylation sites (N-methyl/N-ethyl adjacent to an activating group) is 1. The van der Waals surface area contributed by atoms with Crippen molar-refractivity contribution >= 4 is 16.9 Å². The van der Waals surface area contributed by atoms with Gasteiger partial charge >= 0.3 is 0 Å². The van der Waals surface area contributed by atoms with Gasteiger partial charge in [0.25, 0.3) is 0 Å². The number of fused-ring (bicyclic) bond motifs is 1. The molecule has 26 heavy (non-hydrogen) atoms. The average Bonchev–Trinajstić information content (AvgIpc) is 3.24. The highest BCUT2D eigenvalue weighted by atomic mass is 16.2. The molecule has 1 aliphatic rings. The second kappa shape index (κ2) is 6.57. The first-order valence-corrected chi connectivity index (χ1v) is 8.97. The minimum atomic E-state index is 0.0996. The molecule has 0 radical (unpaired) electrons. The number of nitrogens with zero attached hydrogens (tertiary/aromatic N) is 6. The van der Waals surface area contributed by atoms with Gasteiger partial charge in [-0.05, 0) is 44.7 Å². The lowest BCUT2D eigenvalue weighted by atomic mass is 10.2. The minimum Gasteiger partial charge on any atom is -0.339 e. The fourth-order valence-corrected chi connectivity index (χ4v) is 3.54. The summed E-state index contributed by atoms with van der Waals surface area (Å²) in [5, 5.41) is 5.74. The van der Waals surface area contributed by atoms with E-state index in [9.17, 15) is 4.79 Å². The van der Waals surface area contributed by atoms with Crippen molar-refractivity contribution in [2.75, 3.05) is 33.2 Å². The number of hydrogen-bond donors (Lipinski definition) is 0. The summed E-state index contributed by atoms with van der Waals surface area (Å²) in [6.45, 7) is 7.62. The third-order valence-electron chi connectivity index (χ3n) is 5.00. The van der Waals surface area contributed by atoms with E-state index in [0.29, 0.717) is 0 Å². The molecule has 0 aromatic carbocycles. The molecule has 0 aliphatic carbocycles. The normalized spacial score (nSPS) is 15.7. The number of hydrogen-bond acceptors (Lipinski definition) is 4. The monoisotopic (exact) mass is 352 g/mol. The maximum atomic E-state index is 12.8. The first-order chi connectivity index (χ1) is 12.5. The molecule has 1 amide bonds. The molecule has 0 N–H and O–H groups in total. The zero-order chi connectivity index (χ0) is 18.3. The van der Waals surface area contributed by atoms with Crippen molar-refractivity contribution in [2.45, 2.75) is 20.4 Å². The largest absolute Gasteiger partial charge is 0.339 e. The average molecular weight is 352 g/mol. The van der Waals surface area contributed by atoms with Crippen LogP contribution in [-0.2, 0) is 11.3 Å². The van der Waals surface area contributed by atoms with Crippen LogP contribution in [0, 0.1) is 13.8 Å². The second-order valence-corrected chi connectivity index (χ2v) is 7.03. The number of carbonyl (C=O) groups excluding carboxylic acids is 1. The van der Waals surface area contributed by atoms with Crippen LogP contribution in [0.4, 0.5) is 0 Å². The summed E-state index contributed by atoms with van der Waals surface area (Å²) in [6.07, 6.45) is 3.93. The van der Waals surface area contributed by atoms with E-state index in [0.717, 1.165) is 54.3 Å². The van der Waals surface area contributed by atoms with Crippen molar-refractivity contribution in [1.82, 2.24) is 29.1 Å². The van der Waals surface area contributed by atoms with E-state index in [1.54, 1.807) is 4.68 Å². The molecule has 1 aliphatic heterocycles. The highest BCUT2D eigenvalue weighted by Crippen LogP contribution is 2.25. The summed E-state index contributed by atoms with van der Waals surface area (Å²) in [4.78, 5) is 21.6. The molecule has 4 rings (SSSR count). The Kier molecular flexibility index (Phi) is 4.24. The van der Waals surface area contributed by atoms with Crippen LogP contribution in [0.1, 0.15) is 11.3 Å². The minimum absolute atomic E-state index is 0.0996. The fraction of sp³-hybridized carbons (Fsp3) is 0.421. The molecule has 3 aromatic heterocycles. The van der Waals surface area contributed by atoms with Gasteiger partial charge in [-0.25, -0.2) is 9.67 Å². The molecule has 0 unspecified atom stereocenters. The molecule has 7 nitrogen and oxygen atoms in total. The number of piperazine rings is 1. The topological polar surface area (TPSA) is 59.2 Å². The van der Waals surface area contributed by atoms with Gasteiger partial charge in [-0.1, -0.05) is 0 Å². The summed E-state index contributed by atoms with van der Waals surface area (Å²) in [5.74, 6) is 0.920. The molecule has 3 aromatic rings. The Hall–Kier alpha value is -2.67. The maximum absolute atomic E-state index is 12.8. The van der Waals surface area contributed by atoms with Crippen molar-refractivity contribution in [1.29, 1.82) is 0 Å². The third kappa shape index (κ3) is 2.99. The van der Waals surface area contributed by atoms with Gasteiger partial charge in [-0.3, -0.25) is 4.79 Å². The summed E-state index contributed by atoms with van der Waals surface area (Å²) < 4.78 is 3.73. The van der Waals surface area contributed by atoms with E-state index < -0.39 is 0 Å². The standard InChI is InChI=1S/C19H24N6O/c1-14-12-15(2)20-18-17(14)19(24-6-4-5-7-24)21-25(18)13-16(26)23-10-8-22(3)9-11-23/h4-7,12H,8-11,13H2,1-3H3. The SMILES string of the molecule is Cc1cc(C)c2c(-n3cccc3)nn(CC(=O)N3CCN(C)CC3)c2n1. The Bertz CT molecular complexity index is 935. The third-order valence-corrected chi connectivity index (χ3v) is 5.00. The number of carbonyl (C=O) groups is 1. The van der Waals surface area contributed by atoms with Gasteiger partial charge in [0, 0.05) is 44.3 Å². The van der Waals surface area contributed by atoms with Gasteiger partial charge in [0.05, 0.1) is 5.39 Å². The molecule has 0 spiro atoms. The van der Waals surface area contributed by atoms with Crippen molar-refractivity contribution < 1.29 is 4.79 Å². The van der Waals surface area contributed by atoms with E-state index in [4.69, 9.17) is 5.10 Å². The summed E-state index contributed by atoms with van der Waals surface area (Å²) in [6, 6.07) is 6.00. The molecule has 1 fully saturated rings. The zero-order valence-electron chi connectivity index (χ0n) is 15.5. The molecule has 0 saturated carbocycles. The predicted molar refractivity (Wildman–Crippen MR) is 100 cm³/mol. The van der Waals surface area contributed by atoms with Crippen LogP contribution in [0.25, 0.3) is 16.9 Å². The Labute approximate surface area is 152 Å². The predicted octanol–water partition coefficient (Wildman–Crippen LogP) is 1.61. The Morgan fingerprint density at radius 3 is 2.50 bits per heavy atom. The number of aryl methyl sites for hydroxylation is 2. The fourth-order valence-electron chi connectivity index (χ4n) is 3.54. The van der Waals surface area contributed by atoms with Crippen molar-refractivity contribution in [2.24, 2.45) is 0 Å². The van der Waals surface area contributed by atoms with Gasteiger partial charge in [0.15, 0.2) is 11.5 Å². The highest BCUT2D eigenvalue weighted by molar-refractivity contribution is 5.88. The van der Waals surface area contributed by atoms with Crippen molar-refractivity contribution in [3.05, 3.63) is 41.9 Å². The Morgan fingerprint density at radius 2 is 1.81 bits per heavy atom. The van der Waals surface area contributed by atoms with E-state index in [1.165, 1.54) is 0 Å². The number of rotatable bonds is 3. The van der Waals surface area contributed by atoms with Gasteiger partial charge in [0.2, 0.25) is 5.91 Å². The molecular weight excluding hydrogens is 328 g/mol. The Morgan fingerprint density at radius 1 is 1.12 bits per heavy atom. The first-order valence-electron chi connectivity index (χ1n) is 8.97. The van der Waals surface area contributed by atoms with Crippen LogP contribution in [0.2, 0.25) is 0 Å². The van der Waals surface area contributed by atoms with Crippen LogP contribution < -0.4 is 0 Å². The van der Waals surface area contributed by atoms with E-state index in [2.05, 4.69) is 29.9 Å². The van der Waals surface area contributed by atoms with E-state index in [1.807, 2.05) is 40.9 Å². The van der Waals surface area contributed by atoms with Crippen LogP contribution >= 0.6 is 0 Å². The Balaban J connectivity index is 1.72. The van der Waals surface area contributed by atoms with Gasteiger partial charge in [0.1, 0.15) is 6.54 Å². The molecule has 4 heterocycles. The van der Waals surface area contributed by atoms with Gasteiger partial charge < -0.3 is 14.4 Å². The number of pyridine rings is 1. The van der Waals surface area contributed by atoms with Crippen LogP contribution in [0.5, 0.6) is 0 Å². The highest BCUT2D eigenvalue weighted by Gasteiger charge is 2.22. The lowest BCUT2D eigenvalue weighted by Crippen LogP contribution is -2.48. The first kappa shape index (κ1) is 16.8. The summed E-state index contributed by atoms with van der Waals surface area (Å²) >= 11 is 0. The summed E-state index contributed by atoms with van der Waals surface area (Å²) in [7, 11) is 2.08. The van der Waals surface area contributed by atoms with Crippen molar-refractivity contribution in [3.63, 3.8) is 0 Å². The number of aromatic nitrogens is 4. The quantitative estimate of drug-likeness (QED) is 0.719. The van der Waals surface area contributed by atoms with Gasteiger partial charge in [-0.15, -0.1) is 0 Å². The smallest absolute Gasteiger partial charge is 0.244 e. The molecule has 0 atom stereocenters. The van der Waals surface area contributed by atoms with Crippen molar-refractivity contribution in [3.8, 4) is 5.82 Å². The second-order valence-electron chi connectivity index (χ2n) is 7.03.